The number of hydrogen-bond acceptors (Lipinski definition) is 3. The zero-order valence-corrected chi connectivity index (χ0v) is 13.5. The molecule has 0 aromatic rings. The van der Waals surface area contributed by atoms with E-state index in [0.717, 1.165) is 24.4 Å². The molecule has 0 bridgehead atoms. The van der Waals surface area contributed by atoms with E-state index in [9.17, 15) is 0 Å². The molecule has 2 N–H and O–H groups in total. The Morgan fingerprint density at radius 1 is 1.05 bits per heavy atom. The van der Waals surface area contributed by atoms with Crippen LogP contribution in [0.4, 0.5) is 0 Å². The number of nitrogens with two attached hydrogens (primary N) is 1. The first-order valence-electron chi connectivity index (χ1n) is 8.85. The van der Waals surface area contributed by atoms with Crippen molar-refractivity contribution in [3.05, 3.63) is 0 Å². The fraction of sp³-hybridized carbons (Fsp3) is 1.00. The van der Waals surface area contributed by atoms with Crippen molar-refractivity contribution in [3.63, 3.8) is 0 Å². The van der Waals surface area contributed by atoms with Crippen LogP contribution in [0.25, 0.3) is 0 Å². The lowest BCUT2D eigenvalue weighted by atomic mass is 9.68. The van der Waals surface area contributed by atoms with Gasteiger partial charge in [-0.3, -0.25) is 9.80 Å². The summed E-state index contributed by atoms with van der Waals surface area (Å²) in [6, 6.07) is 0.811. The molecule has 0 spiro atoms. The summed E-state index contributed by atoms with van der Waals surface area (Å²) in [6.07, 6.45) is 8.32. The van der Waals surface area contributed by atoms with E-state index in [4.69, 9.17) is 5.73 Å². The van der Waals surface area contributed by atoms with E-state index >= 15 is 0 Å². The third-order valence-electron chi connectivity index (χ3n) is 6.53. The summed E-state index contributed by atoms with van der Waals surface area (Å²) < 4.78 is 0. The molecule has 0 radical (unpaired) electrons. The number of piperidine rings is 1. The molecule has 0 aromatic heterocycles. The van der Waals surface area contributed by atoms with Gasteiger partial charge < -0.3 is 5.73 Å². The summed E-state index contributed by atoms with van der Waals surface area (Å²) in [5.74, 6) is 1.61. The smallest absolute Gasteiger partial charge is 0.0360 e. The minimum absolute atomic E-state index is 0.293. The normalized spacial score (nSPS) is 44.2. The van der Waals surface area contributed by atoms with Crippen LogP contribution in [0.5, 0.6) is 0 Å². The van der Waals surface area contributed by atoms with E-state index < -0.39 is 0 Å². The third-order valence-corrected chi connectivity index (χ3v) is 6.53. The van der Waals surface area contributed by atoms with E-state index in [0.29, 0.717) is 5.54 Å². The largest absolute Gasteiger partial charge is 0.329 e. The van der Waals surface area contributed by atoms with Crippen molar-refractivity contribution in [1.82, 2.24) is 9.80 Å². The lowest BCUT2D eigenvalue weighted by Gasteiger charge is -2.56. The zero-order chi connectivity index (χ0) is 14.2. The first kappa shape index (κ1) is 14.8. The summed E-state index contributed by atoms with van der Waals surface area (Å²) >= 11 is 0. The van der Waals surface area contributed by atoms with Crippen LogP contribution in [0.1, 0.15) is 52.4 Å². The van der Waals surface area contributed by atoms with Gasteiger partial charge in [0.15, 0.2) is 0 Å². The van der Waals surface area contributed by atoms with Gasteiger partial charge in [0.2, 0.25) is 0 Å². The van der Waals surface area contributed by atoms with Crippen LogP contribution in [0, 0.1) is 11.8 Å². The van der Waals surface area contributed by atoms with Crippen LogP contribution in [0.2, 0.25) is 0 Å². The molecule has 3 rings (SSSR count). The van der Waals surface area contributed by atoms with Gasteiger partial charge in [-0.25, -0.2) is 0 Å². The summed E-state index contributed by atoms with van der Waals surface area (Å²) in [6.45, 7) is 10.8. The summed E-state index contributed by atoms with van der Waals surface area (Å²) in [7, 11) is 0. The Balaban J connectivity index is 1.75. The van der Waals surface area contributed by atoms with Gasteiger partial charge in [-0.2, -0.15) is 0 Å². The molecule has 0 aromatic carbocycles. The highest BCUT2D eigenvalue weighted by Crippen LogP contribution is 2.41. The van der Waals surface area contributed by atoms with Crippen LogP contribution >= 0.6 is 0 Å². The molecule has 3 aliphatic rings. The third kappa shape index (κ3) is 2.53. The number of fused-ring (bicyclic) bond motifs is 1. The lowest BCUT2D eigenvalue weighted by molar-refractivity contribution is -0.0581. The number of hydrogen-bond donors (Lipinski definition) is 1. The van der Waals surface area contributed by atoms with Gasteiger partial charge >= 0.3 is 0 Å². The Hall–Kier alpha value is -0.120. The molecular formula is C17H33N3. The summed E-state index contributed by atoms with van der Waals surface area (Å²) in [5.41, 5.74) is 6.63. The van der Waals surface area contributed by atoms with E-state index in [2.05, 4.69) is 23.6 Å². The van der Waals surface area contributed by atoms with Crippen molar-refractivity contribution < 1.29 is 0 Å². The first-order chi connectivity index (χ1) is 9.65. The van der Waals surface area contributed by atoms with Gasteiger partial charge in [0, 0.05) is 37.8 Å². The molecular weight excluding hydrogens is 246 g/mol. The topological polar surface area (TPSA) is 32.5 Å². The monoisotopic (exact) mass is 279 g/mol. The van der Waals surface area contributed by atoms with Crippen molar-refractivity contribution in [1.29, 1.82) is 0 Å². The molecule has 1 aliphatic carbocycles. The molecule has 116 valence electrons. The van der Waals surface area contributed by atoms with Crippen molar-refractivity contribution in [2.75, 3.05) is 32.7 Å². The predicted molar refractivity (Wildman–Crippen MR) is 84.7 cm³/mol. The van der Waals surface area contributed by atoms with Crippen LogP contribution in [-0.2, 0) is 0 Å². The average molecular weight is 279 g/mol. The molecule has 3 nitrogen and oxygen atoms in total. The fourth-order valence-corrected chi connectivity index (χ4v) is 5.12. The highest BCUT2D eigenvalue weighted by molar-refractivity contribution is 5.02. The minimum Gasteiger partial charge on any atom is -0.329 e. The maximum atomic E-state index is 6.33. The number of rotatable bonds is 2. The Kier molecular flexibility index (Phi) is 4.40. The Morgan fingerprint density at radius 2 is 1.90 bits per heavy atom. The van der Waals surface area contributed by atoms with Crippen molar-refractivity contribution in [2.45, 2.75) is 64.0 Å². The molecule has 3 fully saturated rings. The number of piperazine rings is 1. The molecule has 2 heterocycles. The maximum absolute atomic E-state index is 6.33. The van der Waals surface area contributed by atoms with Gasteiger partial charge in [-0.1, -0.05) is 26.7 Å². The van der Waals surface area contributed by atoms with Crippen molar-refractivity contribution in [2.24, 2.45) is 17.6 Å². The number of nitrogens with zero attached hydrogens (tertiary/aromatic N) is 2. The van der Waals surface area contributed by atoms with Crippen LogP contribution in [-0.4, -0.2) is 54.1 Å². The second kappa shape index (κ2) is 5.94. The highest BCUT2D eigenvalue weighted by Gasteiger charge is 2.46. The molecule has 4 atom stereocenters. The molecule has 3 heteroatoms. The first-order valence-corrected chi connectivity index (χ1v) is 8.85. The van der Waals surface area contributed by atoms with Gasteiger partial charge in [0.1, 0.15) is 0 Å². The van der Waals surface area contributed by atoms with Crippen molar-refractivity contribution >= 4 is 0 Å². The molecule has 4 unspecified atom stereocenters. The maximum Gasteiger partial charge on any atom is 0.0360 e. The van der Waals surface area contributed by atoms with Crippen LogP contribution in [0.15, 0.2) is 0 Å². The molecule has 0 amide bonds. The zero-order valence-electron chi connectivity index (χ0n) is 13.5. The highest BCUT2D eigenvalue weighted by atomic mass is 15.3. The second-order valence-electron chi connectivity index (χ2n) is 7.73. The van der Waals surface area contributed by atoms with Crippen molar-refractivity contribution in [3.8, 4) is 0 Å². The molecule has 2 aliphatic heterocycles. The average Bonchev–Trinajstić information content (AvgIpc) is 2.49. The lowest BCUT2D eigenvalue weighted by Crippen LogP contribution is -2.67. The molecule has 1 saturated carbocycles. The van der Waals surface area contributed by atoms with E-state index in [1.54, 1.807) is 0 Å². The standard InChI is InChI=1S/C17H33N3/c1-14-6-7-15(2)17(11-14,13-18)20-10-9-19-8-4-3-5-16(19)12-20/h14-16H,3-13,18H2,1-2H3. The molecule has 2 saturated heterocycles. The van der Waals surface area contributed by atoms with Gasteiger partial charge in [-0.05, 0) is 44.1 Å². The molecule has 20 heavy (non-hydrogen) atoms. The summed E-state index contributed by atoms with van der Waals surface area (Å²) in [5, 5.41) is 0. The van der Waals surface area contributed by atoms with E-state index in [-0.39, 0.29) is 0 Å². The van der Waals surface area contributed by atoms with Gasteiger partial charge in [-0.15, -0.1) is 0 Å². The van der Waals surface area contributed by atoms with Crippen LogP contribution < -0.4 is 5.73 Å². The Labute approximate surface area is 124 Å². The predicted octanol–water partition coefficient (Wildman–Crippen LogP) is 2.31. The van der Waals surface area contributed by atoms with Crippen LogP contribution in [0.3, 0.4) is 0 Å². The quantitative estimate of drug-likeness (QED) is 0.842. The van der Waals surface area contributed by atoms with Gasteiger partial charge in [0.05, 0.1) is 0 Å². The fourth-order valence-electron chi connectivity index (χ4n) is 5.12. The second-order valence-corrected chi connectivity index (χ2v) is 7.73. The Morgan fingerprint density at radius 3 is 2.70 bits per heavy atom. The van der Waals surface area contributed by atoms with E-state index in [1.165, 1.54) is 64.7 Å². The minimum atomic E-state index is 0.293. The van der Waals surface area contributed by atoms with Gasteiger partial charge in [0.25, 0.3) is 0 Å². The summed E-state index contributed by atoms with van der Waals surface area (Å²) in [4.78, 5) is 5.54. The van der Waals surface area contributed by atoms with E-state index in [1.807, 2.05) is 0 Å². The SMILES string of the molecule is CC1CCC(C)C(CN)(N2CCN3CCCCC3C2)C1. The Bertz CT molecular complexity index is 332.